The van der Waals surface area contributed by atoms with Gasteiger partial charge in [0, 0.05) is 6.42 Å². The summed E-state index contributed by atoms with van der Waals surface area (Å²) in [6.45, 7) is 3.82. The Labute approximate surface area is 344 Å². The Morgan fingerprint density at radius 2 is 1.00 bits per heavy atom. The van der Waals surface area contributed by atoms with Crippen LogP contribution in [-0.4, -0.2) is 87.5 Å². The lowest BCUT2D eigenvalue weighted by atomic mass is 9.99. The number of hydrogen-bond donors (Lipinski definition) is 6. The van der Waals surface area contributed by atoms with Gasteiger partial charge in [0.25, 0.3) is 0 Å². The Morgan fingerprint density at radius 3 is 1.45 bits per heavy atom. The molecule has 0 aromatic rings. The van der Waals surface area contributed by atoms with Crippen LogP contribution in [0.3, 0.4) is 0 Å². The normalized spacial score (nSPS) is 21.2. The number of amides is 1. The van der Waals surface area contributed by atoms with Gasteiger partial charge in [-0.05, 0) is 38.5 Å². The van der Waals surface area contributed by atoms with Crippen molar-refractivity contribution < 1.29 is 39.8 Å². The molecule has 1 rings (SSSR count). The van der Waals surface area contributed by atoms with Crippen molar-refractivity contribution in [3.63, 3.8) is 0 Å². The quantitative estimate of drug-likeness (QED) is 0.0265. The second kappa shape index (κ2) is 38.2. The van der Waals surface area contributed by atoms with Crippen molar-refractivity contribution in [2.24, 2.45) is 0 Å². The minimum absolute atomic E-state index is 0.135. The molecule has 1 fully saturated rings. The van der Waals surface area contributed by atoms with Gasteiger partial charge < -0.3 is 40.3 Å². The molecule has 0 spiro atoms. The predicted octanol–water partition coefficient (Wildman–Crippen LogP) is 10.1. The molecule has 0 aliphatic carbocycles. The van der Waals surface area contributed by atoms with Crippen LogP contribution in [0.15, 0.2) is 12.2 Å². The van der Waals surface area contributed by atoms with Crippen LogP contribution in [0.4, 0.5) is 0 Å². The summed E-state index contributed by atoms with van der Waals surface area (Å²) < 4.78 is 11.2. The van der Waals surface area contributed by atoms with Crippen LogP contribution in [0.1, 0.15) is 226 Å². The van der Waals surface area contributed by atoms with Gasteiger partial charge in [-0.2, -0.15) is 0 Å². The summed E-state index contributed by atoms with van der Waals surface area (Å²) in [5, 5.41) is 54.2. The lowest BCUT2D eigenvalue weighted by molar-refractivity contribution is -0.302. The molecular formula is C47H91NO8. The molecule has 1 amide bonds. The fraction of sp³-hybridized carbons (Fsp3) is 0.936. The molecule has 7 atom stereocenters. The molecule has 1 aliphatic rings. The molecule has 0 radical (unpaired) electrons. The molecule has 56 heavy (non-hydrogen) atoms. The predicted molar refractivity (Wildman–Crippen MR) is 231 cm³/mol. The summed E-state index contributed by atoms with van der Waals surface area (Å²) in [6, 6.07) is -0.713. The Kier molecular flexibility index (Phi) is 36.1. The van der Waals surface area contributed by atoms with Gasteiger partial charge in [-0.15, -0.1) is 0 Å². The molecule has 0 aromatic heterocycles. The highest BCUT2D eigenvalue weighted by atomic mass is 16.7. The second-order valence-corrected chi connectivity index (χ2v) is 16.9. The number of allylic oxidation sites excluding steroid dienone is 2. The van der Waals surface area contributed by atoms with Crippen LogP contribution in [0, 0.1) is 0 Å². The number of nitrogens with one attached hydrogen (secondary N) is 1. The maximum Gasteiger partial charge on any atom is 0.220 e. The Bertz CT molecular complexity index is 888. The number of unbranched alkanes of at least 4 members (excludes halogenated alkanes) is 28. The molecule has 1 aliphatic heterocycles. The van der Waals surface area contributed by atoms with E-state index in [1.165, 1.54) is 161 Å². The van der Waals surface area contributed by atoms with E-state index in [1.807, 2.05) is 0 Å². The van der Waals surface area contributed by atoms with Crippen molar-refractivity contribution in [1.29, 1.82) is 0 Å². The van der Waals surface area contributed by atoms with Gasteiger partial charge in [0.1, 0.15) is 24.4 Å². The van der Waals surface area contributed by atoms with Crippen molar-refractivity contribution in [3.05, 3.63) is 12.2 Å². The highest BCUT2D eigenvalue weighted by Crippen LogP contribution is 2.23. The summed E-state index contributed by atoms with van der Waals surface area (Å²) in [5.41, 5.74) is 0. The first-order valence-electron chi connectivity index (χ1n) is 23.9. The molecule has 1 saturated heterocycles. The van der Waals surface area contributed by atoms with Gasteiger partial charge in [0.05, 0.1) is 25.4 Å². The van der Waals surface area contributed by atoms with Crippen LogP contribution in [0.5, 0.6) is 0 Å². The van der Waals surface area contributed by atoms with E-state index in [0.29, 0.717) is 12.8 Å². The van der Waals surface area contributed by atoms with Gasteiger partial charge in [-0.3, -0.25) is 4.79 Å². The average Bonchev–Trinajstić information content (AvgIpc) is 3.20. The van der Waals surface area contributed by atoms with Crippen molar-refractivity contribution in [2.75, 3.05) is 13.2 Å². The number of carbonyl (C=O) groups is 1. The second-order valence-electron chi connectivity index (χ2n) is 16.9. The Balaban J connectivity index is 2.21. The van der Waals surface area contributed by atoms with Crippen molar-refractivity contribution in [1.82, 2.24) is 5.32 Å². The highest BCUT2D eigenvalue weighted by molar-refractivity contribution is 5.76. The van der Waals surface area contributed by atoms with E-state index in [2.05, 4.69) is 31.3 Å². The minimum atomic E-state index is -1.55. The first kappa shape index (κ1) is 52.9. The van der Waals surface area contributed by atoms with Gasteiger partial charge >= 0.3 is 0 Å². The fourth-order valence-corrected chi connectivity index (χ4v) is 7.74. The third kappa shape index (κ3) is 28.4. The molecule has 1 heterocycles. The van der Waals surface area contributed by atoms with Crippen LogP contribution in [0.2, 0.25) is 0 Å². The average molecular weight is 798 g/mol. The van der Waals surface area contributed by atoms with Crippen molar-refractivity contribution in [3.8, 4) is 0 Å². The summed E-state index contributed by atoms with van der Waals surface area (Å²) in [4.78, 5) is 13.0. The van der Waals surface area contributed by atoms with E-state index in [-0.39, 0.29) is 12.5 Å². The van der Waals surface area contributed by atoms with Gasteiger partial charge in [0.2, 0.25) is 5.91 Å². The lowest BCUT2D eigenvalue weighted by Gasteiger charge is -2.40. The van der Waals surface area contributed by atoms with E-state index in [9.17, 15) is 30.3 Å². The molecule has 9 heteroatoms. The molecule has 332 valence electrons. The number of rotatable bonds is 40. The standard InChI is InChI=1S/C47H91NO8/c1-3-5-7-9-11-13-15-16-17-18-19-20-21-22-23-24-25-26-27-29-31-33-35-37-43(51)48-40(39-55-47-46(54)45(53)44(52)42(38-49)56-47)41(50)36-34-32-30-28-14-12-10-8-6-4-2/h16-17,40-42,44-47,49-50,52-54H,3-15,18-39H2,1-2H3,(H,48,51)/b17-16+/t40-,41+,42-,44-,45?,46?,47-/m0/s1. The van der Waals surface area contributed by atoms with E-state index in [0.717, 1.165) is 38.5 Å². The highest BCUT2D eigenvalue weighted by Gasteiger charge is 2.44. The Morgan fingerprint density at radius 1 is 0.589 bits per heavy atom. The number of aliphatic hydroxyl groups is 5. The number of carbonyl (C=O) groups excluding carboxylic acids is 1. The zero-order valence-electron chi connectivity index (χ0n) is 36.4. The van der Waals surface area contributed by atoms with Crippen LogP contribution in [-0.2, 0) is 14.3 Å². The molecule has 9 nitrogen and oxygen atoms in total. The smallest absolute Gasteiger partial charge is 0.220 e. The topological polar surface area (TPSA) is 149 Å². The van der Waals surface area contributed by atoms with Gasteiger partial charge in [-0.1, -0.05) is 193 Å². The van der Waals surface area contributed by atoms with E-state index >= 15 is 0 Å². The summed E-state index contributed by atoms with van der Waals surface area (Å²) in [5.74, 6) is -0.144. The van der Waals surface area contributed by atoms with Crippen molar-refractivity contribution >= 4 is 5.91 Å². The zero-order chi connectivity index (χ0) is 40.9. The molecule has 0 saturated carbocycles. The van der Waals surface area contributed by atoms with Crippen LogP contribution in [0.25, 0.3) is 0 Å². The molecule has 0 aromatic carbocycles. The first-order chi connectivity index (χ1) is 27.3. The minimum Gasteiger partial charge on any atom is -0.394 e. The SMILES string of the molecule is CCCCCCCC/C=C/CCCCCCCCCCCCCCCC(=O)N[C@@H](CO[C@H]1O[C@@H](CO)[C@H](O)C(O)C1O)[C@H](O)CCCCCCCCCCCC. The van der Waals surface area contributed by atoms with Gasteiger partial charge in [0.15, 0.2) is 6.29 Å². The van der Waals surface area contributed by atoms with Crippen LogP contribution < -0.4 is 5.32 Å². The number of hydrogen-bond acceptors (Lipinski definition) is 8. The summed E-state index contributed by atoms with van der Waals surface area (Å²) >= 11 is 0. The monoisotopic (exact) mass is 798 g/mol. The molecule has 2 unspecified atom stereocenters. The van der Waals surface area contributed by atoms with Crippen LogP contribution >= 0.6 is 0 Å². The molecular weight excluding hydrogens is 707 g/mol. The maximum atomic E-state index is 13.0. The summed E-state index contributed by atoms with van der Waals surface area (Å²) in [6.07, 6.45) is 36.6. The maximum absolute atomic E-state index is 13.0. The van der Waals surface area contributed by atoms with Crippen molar-refractivity contribution in [2.45, 2.75) is 269 Å². The Hall–Kier alpha value is -1.07. The van der Waals surface area contributed by atoms with E-state index in [1.54, 1.807) is 0 Å². The lowest BCUT2D eigenvalue weighted by Crippen LogP contribution is -2.60. The molecule has 6 N–H and O–H groups in total. The fourth-order valence-electron chi connectivity index (χ4n) is 7.74. The number of ether oxygens (including phenoxy) is 2. The van der Waals surface area contributed by atoms with E-state index in [4.69, 9.17) is 9.47 Å². The summed E-state index contributed by atoms with van der Waals surface area (Å²) in [7, 11) is 0. The van der Waals surface area contributed by atoms with E-state index < -0.39 is 49.5 Å². The zero-order valence-corrected chi connectivity index (χ0v) is 36.4. The largest absolute Gasteiger partial charge is 0.394 e. The van der Waals surface area contributed by atoms with Gasteiger partial charge in [-0.25, -0.2) is 0 Å². The molecule has 0 bridgehead atoms. The number of aliphatic hydroxyl groups excluding tert-OH is 5. The first-order valence-corrected chi connectivity index (χ1v) is 23.9. The third-order valence-electron chi connectivity index (χ3n) is 11.6. The third-order valence-corrected chi connectivity index (χ3v) is 11.6.